The topological polar surface area (TPSA) is 134 Å². The van der Waals surface area contributed by atoms with Crippen molar-refractivity contribution in [3.63, 3.8) is 0 Å². The van der Waals surface area contributed by atoms with Crippen molar-refractivity contribution in [1.82, 2.24) is 4.31 Å². The number of halogens is 2. The molecular weight excluding hydrogens is 548 g/mol. The molecule has 0 amide bonds. The number of ether oxygens (including phenoxy) is 1. The molecule has 0 radical (unpaired) electrons. The summed E-state index contributed by atoms with van der Waals surface area (Å²) < 4.78 is 32.7. The van der Waals surface area contributed by atoms with Gasteiger partial charge in [0, 0.05) is 19.2 Å². The Morgan fingerprint density at radius 3 is 2.43 bits per heavy atom. The van der Waals surface area contributed by atoms with Crippen LogP contribution in [0.4, 0.5) is 11.4 Å². The standard InChI is InChI=1S/C17H16Br2N4O6S/c18-13-7-11(8-14(19)17(13)24)10-20-21-15-2-1-12(9-16(15)23(25)26)30(27,28)22-3-5-29-6-4-22/h1-2,7-10,21,24H,3-6H2/b20-10+. The molecular formula is C17H16Br2N4O6S. The largest absolute Gasteiger partial charge is 0.506 e. The molecule has 2 aromatic carbocycles. The Labute approximate surface area is 189 Å². The second kappa shape index (κ2) is 9.39. The van der Waals surface area contributed by atoms with Gasteiger partial charge in [0.05, 0.1) is 38.2 Å². The lowest BCUT2D eigenvalue weighted by molar-refractivity contribution is -0.384. The van der Waals surface area contributed by atoms with Crippen LogP contribution in [-0.2, 0) is 14.8 Å². The molecule has 2 N–H and O–H groups in total. The molecule has 1 aliphatic rings. The molecule has 0 spiro atoms. The number of nitro benzene ring substituents is 1. The molecule has 13 heteroatoms. The summed E-state index contributed by atoms with van der Waals surface area (Å²) in [6.45, 7) is 0.939. The van der Waals surface area contributed by atoms with Crippen molar-refractivity contribution in [3.05, 3.63) is 55.0 Å². The van der Waals surface area contributed by atoms with Crippen LogP contribution in [0.25, 0.3) is 0 Å². The second-order valence-corrected chi connectivity index (χ2v) is 9.80. The van der Waals surface area contributed by atoms with Crippen molar-refractivity contribution >= 4 is 59.5 Å². The maximum absolute atomic E-state index is 12.7. The van der Waals surface area contributed by atoms with Gasteiger partial charge in [-0.1, -0.05) is 0 Å². The number of nitrogens with one attached hydrogen (secondary N) is 1. The highest BCUT2D eigenvalue weighted by atomic mass is 79.9. The summed E-state index contributed by atoms with van der Waals surface area (Å²) in [5.74, 6) is 0.0350. The number of phenols is 1. The lowest BCUT2D eigenvalue weighted by Gasteiger charge is -2.26. The molecule has 160 valence electrons. The van der Waals surface area contributed by atoms with Crippen molar-refractivity contribution in [2.75, 3.05) is 31.7 Å². The number of nitrogens with zero attached hydrogens (tertiary/aromatic N) is 3. The number of morpholine rings is 1. The summed E-state index contributed by atoms with van der Waals surface area (Å²) >= 11 is 6.41. The number of rotatable bonds is 6. The second-order valence-electron chi connectivity index (χ2n) is 6.16. The number of benzene rings is 2. The monoisotopic (exact) mass is 562 g/mol. The minimum Gasteiger partial charge on any atom is -0.506 e. The van der Waals surface area contributed by atoms with E-state index in [2.05, 4.69) is 42.4 Å². The fraction of sp³-hybridized carbons (Fsp3) is 0.235. The van der Waals surface area contributed by atoms with Crippen LogP contribution in [0.15, 0.2) is 49.3 Å². The van der Waals surface area contributed by atoms with Crippen LogP contribution in [0.1, 0.15) is 5.56 Å². The molecule has 1 heterocycles. The van der Waals surface area contributed by atoms with Gasteiger partial charge in [0.1, 0.15) is 11.4 Å². The molecule has 0 unspecified atom stereocenters. The van der Waals surface area contributed by atoms with Crippen molar-refractivity contribution in [2.45, 2.75) is 4.90 Å². The Bertz CT molecular complexity index is 1080. The summed E-state index contributed by atoms with van der Waals surface area (Å²) in [6, 6.07) is 6.82. The number of phenolic OH excluding ortho intramolecular Hbond substituents is 1. The number of sulfonamides is 1. The van der Waals surface area contributed by atoms with Gasteiger partial charge in [-0.25, -0.2) is 8.42 Å². The first kappa shape index (κ1) is 22.6. The van der Waals surface area contributed by atoms with Crippen LogP contribution >= 0.6 is 31.9 Å². The van der Waals surface area contributed by atoms with E-state index in [-0.39, 0.29) is 42.6 Å². The van der Waals surface area contributed by atoms with Gasteiger partial charge in [-0.2, -0.15) is 9.41 Å². The van der Waals surface area contributed by atoms with Crippen LogP contribution in [-0.4, -0.2) is 55.3 Å². The van der Waals surface area contributed by atoms with Crippen molar-refractivity contribution in [2.24, 2.45) is 5.10 Å². The molecule has 2 aromatic rings. The van der Waals surface area contributed by atoms with Gasteiger partial charge < -0.3 is 9.84 Å². The van der Waals surface area contributed by atoms with Gasteiger partial charge in [0.2, 0.25) is 10.0 Å². The molecule has 30 heavy (non-hydrogen) atoms. The molecule has 10 nitrogen and oxygen atoms in total. The Hall–Kier alpha value is -2.06. The van der Waals surface area contributed by atoms with Gasteiger partial charge in [-0.05, 0) is 61.7 Å². The van der Waals surface area contributed by atoms with E-state index in [1.54, 1.807) is 12.1 Å². The van der Waals surface area contributed by atoms with Gasteiger partial charge >= 0.3 is 0 Å². The summed E-state index contributed by atoms with van der Waals surface area (Å²) in [5, 5.41) is 25.2. The summed E-state index contributed by atoms with van der Waals surface area (Å²) in [6.07, 6.45) is 1.40. The lowest BCUT2D eigenvalue weighted by Crippen LogP contribution is -2.40. The number of hydrogen-bond acceptors (Lipinski definition) is 8. The highest BCUT2D eigenvalue weighted by Crippen LogP contribution is 2.33. The van der Waals surface area contributed by atoms with E-state index in [9.17, 15) is 23.6 Å². The van der Waals surface area contributed by atoms with Crippen LogP contribution < -0.4 is 5.43 Å². The van der Waals surface area contributed by atoms with Gasteiger partial charge in [-0.3, -0.25) is 15.5 Å². The third-order valence-corrected chi connectivity index (χ3v) is 7.32. The van der Waals surface area contributed by atoms with Crippen LogP contribution in [0.3, 0.4) is 0 Å². The zero-order valence-corrected chi connectivity index (χ0v) is 19.3. The SMILES string of the molecule is O=[N+]([O-])c1cc(S(=O)(=O)N2CCOCC2)ccc1N/N=C/c1cc(Br)c(O)c(Br)c1. The summed E-state index contributed by atoms with van der Waals surface area (Å²) in [4.78, 5) is 10.6. The number of nitro groups is 1. The third kappa shape index (κ3) is 4.98. The van der Waals surface area contributed by atoms with E-state index in [0.29, 0.717) is 14.5 Å². The minimum atomic E-state index is -3.86. The third-order valence-electron chi connectivity index (χ3n) is 4.21. The zero-order chi connectivity index (χ0) is 21.9. The predicted octanol–water partition coefficient (Wildman–Crippen LogP) is 3.29. The first-order valence-electron chi connectivity index (χ1n) is 8.53. The maximum atomic E-state index is 12.7. The lowest BCUT2D eigenvalue weighted by atomic mass is 10.2. The Balaban J connectivity index is 1.84. The van der Waals surface area contributed by atoms with Crippen molar-refractivity contribution < 1.29 is 23.2 Å². The highest BCUT2D eigenvalue weighted by molar-refractivity contribution is 9.11. The predicted molar refractivity (Wildman–Crippen MR) is 117 cm³/mol. The first-order chi connectivity index (χ1) is 14.2. The number of hydrogen-bond donors (Lipinski definition) is 2. The van der Waals surface area contributed by atoms with Crippen LogP contribution in [0.2, 0.25) is 0 Å². The highest BCUT2D eigenvalue weighted by Gasteiger charge is 2.28. The first-order valence-corrected chi connectivity index (χ1v) is 11.6. The van der Waals surface area contributed by atoms with E-state index >= 15 is 0 Å². The quantitative estimate of drug-likeness (QED) is 0.313. The van der Waals surface area contributed by atoms with Crippen molar-refractivity contribution in [3.8, 4) is 5.75 Å². The van der Waals surface area contributed by atoms with Gasteiger partial charge in [0.15, 0.2) is 0 Å². The summed E-state index contributed by atoms with van der Waals surface area (Å²) in [7, 11) is -3.86. The van der Waals surface area contributed by atoms with Gasteiger partial charge in [0.25, 0.3) is 5.69 Å². The average Bonchev–Trinajstić information content (AvgIpc) is 2.72. The fourth-order valence-corrected chi connectivity index (χ4v) is 5.34. The average molecular weight is 564 g/mol. The minimum absolute atomic E-state index is 0.0350. The smallest absolute Gasteiger partial charge is 0.295 e. The number of aromatic hydroxyl groups is 1. The molecule has 1 fully saturated rings. The van der Waals surface area contributed by atoms with Crippen molar-refractivity contribution in [1.29, 1.82) is 0 Å². The molecule has 1 aliphatic heterocycles. The van der Waals surface area contributed by atoms with Crippen LogP contribution in [0, 0.1) is 10.1 Å². The molecule has 0 saturated carbocycles. The Kier molecular flexibility index (Phi) is 7.08. The van der Waals surface area contributed by atoms with Crippen LogP contribution in [0.5, 0.6) is 5.75 Å². The van der Waals surface area contributed by atoms with E-state index in [0.717, 1.165) is 6.07 Å². The molecule has 0 aromatic heterocycles. The number of anilines is 1. The number of hydrazone groups is 1. The Morgan fingerprint density at radius 2 is 1.83 bits per heavy atom. The van der Waals surface area contributed by atoms with E-state index in [1.165, 1.54) is 22.7 Å². The molecule has 0 bridgehead atoms. The van der Waals surface area contributed by atoms with E-state index in [1.807, 2.05) is 0 Å². The Morgan fingerprint density at radius 1 is 1.20 bits per heavy atom. The molecule has 0 atom stereocenters. The molecule has 1 saturated heterocycles. The fourth-order valence-electron chi connectivity index (χ4n) is 2.69. The normalized spacial score (nSPS) is 15.4. The van der Waals surface area contributed by atoms with E-state index < -0.39 is 20.6 Å². The zero-order valence-electron chi connectivity index (χ0n) is 15.3. The molecule has 0 aliphatic carbocycles. The van der Waals surface area contributed by atoms with Gasteiger partial charge in [-0.15, -0.1) is 0 Å². The molecule has 3 rings (SSSR count). The summed E-state index contributed by atoms with van der Waals surface area (Å²) in [5.41, 5.74) is 2.78. The maximum Gasteiger partial charge on any atom is 0.295 e. The van der Waals surface area contributed by atoms with E-state index in [4.69, 9.17) is 4.74 Å².